The van der Waals surface area contributed by atoms with Crippen LogP contribution < -0.4 is 10.6 Å². The Hall–Kier alpha value is -1.70. The van der Waals surface area contributed by atoms with E-state index in [1.165, 1.54) is 17.4 Å². The highest BCUT2D eigenvalue weighted by atomic mass is 79.9. The Balaban J connectivity index is 1.74. The number of thiazole rings is 1. The number of morpholine rings is 1. The summed E-state index contributed by atoms with van der Waals surface area (Å²) in [5.41, 5.74) is 6.87. The van der Waals surface area contributed by atoms with Crippen LogP contribution in [0.4, 0.5) is 10.9 Å². The van der Waals surface area contributed by atoms with E-state index in [0.717, 1.165) is 28.3 Å². The molecule has 0 unspecified atom stereocenters. The van der Waals surface area contributed by atoms with Gasteiger partial charge in [0.1, 0.15) is 10.7 Å². The van der Waals surface area contributed by atoms with Gasteiger partial charge in [-0.3, -0.25) is 4.79 Å². The predicted molar refractivity (Wildman–Crippen MR) is 97.1 cm³/mol. The Bertz CT molecular complexity index is 721. The molecule has 0 atom stereocenters. The normalized spacial score (nSPS) is 15.3. The molecule has 1 aliphatic heterocycles. The van der Waals surface area contributed by atoms with Crippen LogP contribution in [0.25, 0.3) is 6.08 Å². The van der Waals surface area contributed by atoms with E-state index in [-0.39, 0.29) is 5.78 Å². The van der Waals surface area contributed by atoms with Crippen LogP contribution in [0.5, 0.6) is 0 Å². The van der Waals surface area contributed by atoms with Gasteiger partial charge in [0.15, 0.2) is 10.9 Å². The monoisotopic (exact) mass is 393 g/mol. The maximum Gasteiger partial charge on any atom is 0.199 e. The number of hydrogen-bond donors (Lipinski definition) is 1. The number of anilines is 2. The predicted octanol–water partition coefficient (Wildman–Crippen LogP) is 3.22. The lowest BCUT2D eigenvalue weighted by Crippen LogP contribution is -2.36. The van der Waals surface area contributed by atoms with Crippen LogP contribution in [-0.4, -0.2) is 37.1 Å². The molecule has 7 heteroatoms. The third-order valence-corrected chi connectivity index (χ3v) is 5.12. The number of hydrogen-bond acceptors (Lipinski definition) is 6. The van der Waals surface area contributed by atoms with E-state index in [1.807, 2.05) is 24.3 Å². The molecule has 1 aliphatic rings. The number of carbonyl (C=O) groups is 1. The average molecular weight is 394 g/mol. The lowest BCUT2D eigenvalue weighted by atomic mass is 10.2. The molecule has 120 valence electrons. The molecule has 1 aromatic heterocycles. The van der Waals surface area contributed by atoms with Gasteiger partial charge >= 0.3 is 0 Å². The second-order valence-electron chi connectivity index (χ2n) is 5.06. The zero-order valence-electron chi connectivity index (χ0n) is 12.4. The summed E-state index contributed by atoms with van der Waals surface area (Å²) in [5.74, 6) is 0.171. The van der Waals surface area contributed by atoms with Gasteiger partial charge in [0.25, 0.3) is 0 Å². The Labute approximate surface area is 146 Å². The van der Waals surface area contributed by atoms with Gasteiger partial charge in [0.2, 0.25) is 0 Å². The summed E-state index contributed by atoms with van der Waals surface area (Å²) in [6, 6.07) is 7.73. The minimum Gasteiger partial charge on any atom is -0.382 e. The second-order valence-corrected chi connectivity index (χ2v) is 6.95. The fraction of sp³-hybridized carbons (Fsp3) is 0.250. The molecule has 1 fully saturated rings. The highest BCUT2D eigenvalue weighted by Crippen LogP contribution is 2.29. The summed E-state index contributed by atoms with van der Waals surface area (Å²) in [7, 11) is 0. The highest BCUT2D eigenvalue weighted by Gasteiger charge is 2.19. The van der Waals surface area contributed by atoms with Crippen molar-refractivity contribution < 1.29 is 9.53 Å². The lowest BCUT2D eigenvalue weighted by Gasteiger charge is -2.25. The molecule has 0 amide bonds. The number of allylic oxidation sites excluding steroid dienone is 1. The zero-order chi connectivity index (χ0) is 16.2. The van der Waals surface area contributed by atoms with Crippen LogP contribution >= 0.6 is 27.3 Å². The van der Waals surface area contributed by atoms with E-state index < -0.39 is 0 Å². The fourth-order valence-electron chi connectivity index (χ4n) is 2.21. The van der Waals surface area contributed by atoms with Gasteiger partial charge in [0, 0.05) is 17.6 Å². The minimum absolute atomic E-state index is 0.123. The molecular weight excluding hydrogens is 378 g/mol. The summed E-state index contributed by atoms with van der Waals surface area (Å²) in [6.07, 6.45) is 3.32. The number of halogens is 1. The SMILES string of the molecule is Nc1nc(N2CCOCC2)sc1C(=O)/C=C/c1ccc(Br)cc1. The van der Waals surface area contributed by atoms with Crippen LogP contribution in [-0.2, 0) is 4.74 Å². The molecule has 0 spiro atoms. The van der Waals surface area contributed by atoms with E-state index in [0.29, 0.717) is 23.9 Å². The second kappa shape index (κ2) is 7.25. The van der Waals surface area contributed by atoms with Gasteiger partial charge in [-0.05, 0) is 23.8 Å². The van der Waals surface area contributed by atoms with E-state index >= 15 is 0 Å². The summed E-state index contributed by atoms with van der Waals surface area (Å²) >= 11 is 4.72. The van der Waals surface area contributed by atoms with Crippen LogP contribution in [0.3, 0.4) is 0 Å². The summed E-state index contributed by atoms with van der Waals surface area (Å²) in [4.78, 5) is 19.3. The maximum absolute atomic E-state index is 12.4. The van der Waals surface area contributed by atoms with Crippen molar-refractivity contribution >= 4 is 50.1 Å². The van der Waals surface area contributed by atoms with Crippen LogP contribution in [0, 0.1) is 0 Å². The van der Waals surface area contributed by atoms with E-state index in [2.05, 4.69) is 25.8 Å². The standard InChI is InChI=1S/C16H16BrN3O2S/c17-12-4-1-11(2-5-12)3-6-13(21)14-15(18)19-16(23-14)20-7-9-22-10-8-20/h1-6H,7-10,18H2/b6-3+. The number of aromatic nitrogens is 1. The molecule has 2 aromatic rings. The van der Waals surface area contributed by atoms with Crippen molar-refractivity contribution in [3.05, 3.63) is 45.3 Å². The fourth-order valence-corrected chi connectivity index (χ4v) is 3.43. The highest BCUT2D eigenvalue weighted by molar-refractivity contribution is 9.10. The van der Waals surface area contributed by atoms with E-state index in [1.54, 1.807) is 6.08 Å². The molecule has 5 nitrogen and oxygen atoms in total. The number of nitrogen functional groups attached to an aromatic ring is 1. The quantitative estimate of drug-likeness (QED) is 0.637. The molecule has 3 rings (SSSR count). The van der Waals surface area contributed by atoms with Crippen molar-refractivity contribution in [1.82, 2.24) is 4.98 Å². The molecule has 1 aromatic carbocycles. The van der Waals surface area contributed by atoms with Crippen LogP contribution in [0.1, 0.15) is 15.2 Å². The van der Waals surface area contributed by atoms with Gasteiger partial charge in [0.05, 0.1) is 13.2 Å². The molecule has 0 saturated carbocycles. The first-order valence-electron chi connectivity index (χ1n) is 7.20. The van der Waals surface area contributed by atoms with E-state index in [4.69, 9.17) is 10.5 Å². The number of benzene rings is 1. The van der Waals surface area contributed by atoms with Gasteiger partial charge < -0.3 is 15.4 Å². The van der Waals surface area contributed by atoms with Crippen LogP contribution in [0.15, 0.2) is 34.8 Å². The van der Waals surface area contributed by atoms with Gasteiger partial charge in [-0.2, -0.15) is 0 Å². The molecule has 2 N–H and O–H groups in total. The molecule has 0 radical (unpaired) electrons. The van der Waals surface area contributed by atoms with Crippen molar-refractivity contribution in [2.45, 2.75) is 0 Å². The Morgan fingerprint density at radius 1 is 1.30 bits per heavy atom. The molecule has 0 bridgehead atoms. The smallest absolute Gasteiger partial charge is 0.199 e. The molecule has 2 heterocycles. The summed E-state index contributed by atoms with van der Waals surface area (Å²) < 4.78 is 6.33. The third kappa shape index (κ3) is 3.99. The zero-order valence-corrected chi connectivity index (χ0v) is 14.8. The van der Waals surface area contributed by atoms with Crippen molar-refractivity contribution in [1.29, 1.82) is 0 Å². The number of nitrogens with zero attached hydrogens (tertiary/aromatic N) is 2. The number of rotatable bonds is 4. The number of ether oxygens (including phenoxy) is 1. The maximum atomic E-state index is 12.4. The number of nitrogens with two attached hydrogens (primary N) is 1. The molecule has 23 heavy (non-hydrogen) atoms. The minimum atomic E-state index is -0.123. The Kier molecular flexibility index (Phi) is 5.09. The van der Waals surface area contributed by atoms with Gasteiger partial charge in [-0.25, -0.2) is 4.98 Å². The first-order valence-corrected chi connectivity index (χ1v) is 8.81. The Morgan fingerprint density at radius 3 is 2.70 bits per heavy atom. The average Bonchev–Trinajstić information content (AvgIpc) is 2.97. The van der Waals surface area contributed by atoms with Crippen LogP contribution in [0.2, 0.25) is 0 Å². The van der Waals surface area contributed by atoms with Gasteiger partial charge in [-0.15, -0.1) is 0 Å². The lowest BCUT2D eigenvalue weighted by molar-refractivity contribution is 0.105. The number of carbonyl (C=O) groups excluding carboxylic acids is 1. The van der Waals surface area contributed by atoms with Crippen molar-refractivity contribution in [3.63, 3.8) is 0 Å². The Morgan fingerprint density at radius 2 is 2.00 bits per heavy atom. The summed E-state index contributed by atoms with van der Waals surface area (Å²) in [5, 5.41) is 0.784. The largest absolute Gasteiger partial charge is 0.382 e. The van der Waals surface area contributed by atoms with Crippen molar-refractivity contribution in [3.8, 4) is 0 Å². The summed E-state index contributed by atoms with van der Waals surface area (Å²) in [6.45, 7) is 2.89. The number of ketones is 1. The third-order valence-electron chi connectivity index (χ3n) is 3.44. The first kappa shape index (κ1) is 16.2. The molecular formula is C16H16BrN3O2S. The van der Waals surface area contributed by atoms with Crippen molar-refractivity contribution in [2.75, 3.05) is 36.9 Å². The van der Waals surface area contributed by atoms with E-state index in [9.17, 15) is 4.79 Å². The van der Waals surface area contributed by atoms with Crippen molar-refractivity contribution in [2.24, 2.45) is 0 Å². The topological polar surface area (TPSA) is 68.4 Å². The molecule has 0 aliphatic carbocycles. The first-order chi connectivity index (χ1) is 11.1. The van der Waals surface area contributed by atoms with Gasteiger partial charge in [-0.1, -0.05) is 45.5 Å². The molecule has 1 saturated heterocycles.